The molecule has 2 aromatic heterocycles. The van der Waals surface area contributed by atoms with Gasteiger partial charge in [-0.2, -0.15) is 4.98 Å². The average molecular weight is 419 g/mol. The first-order valence-corrected chi connectivity index (χ1v) is 9.53. The Bertz CT molecular complexity index is 909. The van der Waals surface area contributed by atoms with E-state index in [4.69, 9.17) is 27.7 Å². The summed E-state index contributed by atoms with van der Waals surface area (Å²) in [7, 11) is 1.73. The van der Waals surface area contributed by atoms with Gasteiger partial charge < -0.3 is 15.2 Å². The van der Waals surface area contributed by atoms with E-state index in [0.717, 1.165) is 24.1 Å². The third-order valence-corrected chi connectivity index (χ3v) is 4.40. The Kier molecular flexibility index (Phi) is 7.22. The van der Waals surface area contributed by atoms with Gasteiger partial charge in [-0.15, -0.1) is 0 Å². The molecule has 0 aliphatic carbocycles. The largest absolute Gasteiger partial charge is 0.356 e. The van der Waals surface area contributed by atoms with Gasteiger partial charge in [-0.1, -0.05) is 34.4 Å². The van der Waals surface area contributed by atoms with Crippen molar-refractivity contribution in [1.29, 1.82) is 0 Å². The number of aliphatic imine (C=N–C) groups is 1. The van der Waals surface area contributed by atoms with Crippen molar-refractivity contribution in [1.82, 2.24) is 25.8 Å². The molecule has 0 saturated heterocycles. The first-order valence-electron chi connectivity index (χ1n) is 8.77. The second kappa shape index (κ2) is 10.1. The molecule has 7 nitrogen and oxygen atoms in total. The van der Waals surface area contributed by atoms with E-state index in [1.165, 1.54) is 0 Å². The lowest BCUT2D eigenvalue weighted by Gasteiger charge is -2.11. The van der Waals surface area contributed by atoms with Gasteiger partial charge in [0, 0.05) is 43.3 Å². The van der Waals surface area contributed by atoms with E-state index in [1.807, 2.05) is 18.2 Å². The van der Waals surface area contributed by atoms with E-state index in [-0.39, 0.29) is 0 Å². The highest BCUT2D eigenvalue weighted by Crippen LogP contribution is 2.18. The van der Waals surface area contributed by atoms with Crippen LogP contribution in [0, 0.1) is 0 Å². The van der Waals surface area contributed by atoms with Crippen molar-refractivity contribution < 1.29 is 4.52 Å². The van der Waals surface area contributed by atoms with Gasteiger partial charge in [-0.3, -0.25) is 4.99 Å². The molecule has 0 radical (unpaired) electrons. The quantitative estimate of drug-likeness (QED) is 0.347. The van der Waals surface area contributed by atoms with Crippen molar-refractivity contribution in [3.05, 3.63) is 64.2 Å². The van der Waals surface area contributed by atoms with Crippen LogP contribution >= 0.6 is 23.2 Å². The summed E-state index contributed by atoms with van der Waals surface area (Å²) in [6.07, 6.45) is 3.18. The molecule has 9 heteroatoms. The van der Waals surface area contributed by atoms with E-state index >= 15 is 0 Å². The fraction of sp³-hybridized carbons (Fsp3) is 0.263. The standard InChI is InChI=1S/C19H20Cl2N6O/c1-22-19(23-10-8-13-2-7-16(21)25-12-13)24-11-9-17-26-18(27-28-17)14-3-5-15(20)6-4-14/h2-7,12H,8-11H2,1H3,(H2,22,23,24). The van der Waals surface area contributed by atoms with Crippen LogP contribution in [-0.2, 0) is 12.8 Å². The van der Waals surface area contributed by atoms with Crippen molar-refractivity contribution in [3.63, 3.8) is 0 Å². The number of hydrogen-bond acceptors (Lipinski definition) is 5. The molecule has 0 aliphatic rings. The molecule has 0 saturated carbocycles. The minimum atomic E-state index is 0.495. The molecular weight excluding hydrogens is 399 g/mol. The number of benzene rings is 1. The highest BCUT2D eigenvalue weighted by atomic mass is 35.5. The lowest BCUT2D eigenvalue weighted by molar-refractivity contribution is 0.378. The van der Waals surface area contributed by atoms with Crippen LogP contribution in [0.3, 0.4) is 0 Å². The summed E-state index contributed by atoms with van der Waals surface area (Å²) in [4.78, 5) is 12.7. The highest BCUT2D eigenvalue weighted by molar-refractivity contribution is 6.30. The summed E-state index contributed by atoms with van der Waals surface area (Å²) >= 11 is 11.7. The van der Waals surface area contributed by atoms with Crippen molar-refractivity contribution >= 4 is 29.2 Å². The lowest BCUT2D eigenvalue weighted by atomic mass is 10.2. The maximum Gasteiger partial charge on any atom is 0.228 e. The number of halogens is 2. The smallest absolute Gasteiger partial charge is 0.228 e. The van der Waals surface area contributed by atoms with Crippen LogP contribution in [0.4, 0.5) is 0 Å². The molecule has 3 rings (SSSR count). The summed E-state index contributed by atoms with van der Waals surface area (Å²) < 4.78 is 5.30. The van der Waals surface area contributed by atoms with Gasteiger partial charge in [0.05, 0.1) is 0 Å². The maximum absolute atomic E-state index is 5.90. The lowest BCUT2D eigenvalue weighted by Crippen LogP contribution is -2.39. The van der Waals surface area contributed by atoms with Gasteiger partial charge in [0.25, 0.3) is 0 Å². The van der Waals surface area contributed by atoms with E-state index in [2.05, 4.69) is 30.8 Å². The van der Waals surface area contributed by atoms with Crippen LogP contribution in [0.1, 0.15) is 11.5 Å². The molecule has 1 aromatic carbocycles. The number of hydrogen-bond donors (Lipinski definition) is 2. The minimum Gasteiger partial charge on any atom is -0.356 e. The van der Waals surface area contributed by atoms with Crippen LogP contribution in [-0.4, -0.2) is 41.2 Å². The van der Waals surface area contributed by atoms with E-state index in [1.54, 1.807) is 31.4 Å². The fourth-order valence-corrected chi connectivity index (χ4v) is 2.70. The SMILES string of the molecule is CN=C(NCCc1ccc(Cl)nc1)NCCc1nc(-c2ccc(Cl)cc2)no1. The summed E-state index contributed by atoms with van der Waals surface area (Å²) in [5.74, 6) is 1.81. The molecule has 0 amide bonds. The molecule has 0 fully saturated rings. The van der Waals surface area contributed by atoms with E-state index < -0.39 is 0 Å². The molecule has 0 aliphatic heterocycles. The minimum absolute atomic E-state index is 0.495. The highest BCUT2D eigenvalue weighted by Gasteiger charge is 2.08. The summed E-state index contributed by atoms with van der Waals surface area (Å²) in [5.41, 5.74) is 1.97. The Balaban J connectivity index is 1.42. The molecule has 0 unspecified atom stereocenters. The Morgan fingerprint density at radius 3 is 2.46 bits per heavy atom. The Hall–Kier alpha value is -2.64. The van der Waals surface area contributed by atoms with Gasteiger partial charge in [0.2, 0.25) is 11.7 Å². The second-order valence-electron chi connectivity index (χ2n) is 5.93. The van der Waals surface area contributed by atoms with Crippen molar-refractivity contribution in [2.75, 3.05) is 20.1 Å². The molecular formula is C19H20Cl2N6O. The van der Waals surface area contributed by atoms with Crippen molar-refractivity contribution in [2.24, 2.45) is 4.99 Å². The van der Waals surface area contributed by atoms with Gasteiger partial charge in [-0.25, -0.2) is 4.98 Å². The average Bonchev–Trinajstić information content (AvgIpc) is 3.17. The topological polar surface area (TPSA) is 88.2 Å². The maximum atomic E-state index is 5.90. The zero-order valence-electron chi connectivity index (χ0n) is 15.3. The van der Waals surface area contributed by atoms with Gasteiger partial charge in [0.15, 0.2) is 5.96 Å². The predicted molar refractivity (Wildman–Crippen MR) is 111 cm³/mol. The first kappa shape index (κ1) is 20.1. The van der Waals surface area contributed by atoms with Crippen LogP contribution in [0.2, 0.25) is 10.2 Å². The van der Waals surface area contributed by atoms with Crippen LogP contribution in [0.5, 0.6) is 0 Å². The zero-order chi connectivity index (χ0) is 19.8. The molecule has 0 atom stereocenters. The Morgan fingerprint density at radius 2 is 1.79 bits per heavy atom. The van der Waals surface area contributed by atoms with Gasteiger partial charge in [0.1, 0.15) is 5.15 Å². The van der Waals surface area contributed by atoms with Crippen molar-refractivity contribution in [2.45, 2.75) is 12.8 Å². The molecule has 146 valence electrons. The fourth-order valence-electron chi connectivity index (χ4n) is 2.46. The summed E-state index contributed by atoms with van der Waals surface area (Å²) in [5, 5.41) is 11.7. The molecule has 2 heterocycles. The van der Waals surface area contributed by atoms with Gasteiger partial charge >= 0.3 is 0 Å². The number of guanidine groups is 1. The Labute approximate surface area is 173 Å². The van der Waals surface area contributed by atoms with Gasteiger partial charge in [-0.05, 0) is 42.3 Å². The molecule has 0 spiro atoms. The monoisotopic (exact) mass is 418 g/mol. The second-order valence-corrected chi connectivity index (χ2v) is 6.76. The number of nitrogens with zero attached hydrogens (tertiary/aromatic N) is 4. The van der Waals surface area contributed by atoms with Crippen LogP contribution in [0.15, 0.2) is 52.1 Å². The number of aromatic nitrogens is 3. The molecule has 2 N–H and O–H groups in total. The van der Waals surface area contributed by atoms with Crippen LogP contribution in [0.25, 0.3) is 11.4 Å². The third kappa shape index (κ3) is 5.94. The third-order valence-electron chi connectivity index (χ3n) is 3.92. The Morgan fingerprint density at radius 1 is 1.04 bits per heavy atom. The first-order chi connectivity index (χ1) is 13.6. The van der Waals surface area contributed by atoms with E-state index in [0.29, 0.717) is 40.8 Å². The molecule has 0 bridgehead atoms. The molecule has 28 heavy (non-hydrogen) atoms. The zero-order valence-corrected chi connectivity index (χ0v) is 16.8. The number of pyridine rings is 1. The normalized spacial score (nSPS) is 11.5. The van der Waals surface area contributed by atoms with Crippen LogP contribution < -0.4 is 10.6 Å². The number of nitrogens with one attached hydrogen (secondary N) is 2. The van der Waals surface area contributed by atoms with Crippen molar-refractivity contribution in [3.8, 4) is 11.4 Å². The number of rotatable bonds is 7. The summed E-state index contributed by atoms with van der Waals surface area (Å²) in [6.45, 7) is 1.34. The van der Waals surface area contributed by atoms with E-state index in [9.17, 15) is 0 Å². The molecule has 3 aromatic rings. The predicted octanol–water partition coefficient (Wildman–Crippen LogP) is 3.39. The summed E-state index contributed by atoms with van der Waals surface area (Å²) in [6, 6.07) is 11.1.